The second kappa shape index (κ2) is 4.88. The van der Waals surface area contributed by atoms with Gasteiger partial charge in [0.25, 0.3) is 0 Å². The largest absolute Gasteiger partial charge is 0.389 e. The zero-order chi connectivity index (χ0) is 9.68. The normalized spacial score (nSPS) is 9.85. The number of rotatable bonds is 4. The van der Waals surface area contributed by atoms with Gasteiger partial charge in [0.2, 0.25) is 0 Å². The molecular formula is C10H14N2S. The zero-order valence-electron chi connectivity index (χ0n) is 7.84. The predicted molar refractivity (Wildman–Crippen MR) is 56.7 cm³/mol. The van der Waals surface area contributed by atoms with E-state index in [0.717, 1.165) is 6.42 Å². The van der Waals surface area contributed by atoms with Gasteiger partial charge >= 0.3 is 0 Å². The van der Waals surface area contributed by atoms with Crippen molar-refractivity contribution in [2.45, 2.75) is 32.6 Å². The number of anilines is 1. The van der Waals surface area contributed by atoms with Crippen LogP contribution < -0.4 is 5.73 Å². The third kappa shape index (κ3) is 2.74. The molecule has 0 aromatic carbocycles. The number of nitrogen functional groups attached to an aromatic ring is 1. The standard InChI is InChI=1S/C10H14N2S/c1-2-3-4-5-9-6-8(7-11)10(12)13-9/h6H,2-5,12H2,1H3. The topological polar surface area (TPSA) is 49.8 Å². The van der Waals surface area contributed by atoms with Gasteiger partial charge in [-0.3, -0.25) is 0 Å². The average Bonchev–Trinajstić information content (AvgIpc) is 2.47. The van der Waals surface area contributed by atoms with Crippen molar-refractivity contribution in [3.63, 3.8) is 0 Å². The van der Waals surface area contributed by atoms with Crippen molar-refractivity contribution in [1.29, 1.82) is 5.26 Å². The van der Waals surface area contributed by atoms with Gasteiger partial charge in [0.1, 0.15) is 11.1 Å². The summed E-state index contributed by atoms with van der Waals surface area (Å²) < 4.78 is 0. The van der Waals surface area contributed by atoms with Crippen molar-refractivity contribution in [3.8, 4) is 6.07 Å². The molecule has 2 N–H and O–H groups in total. The van der Waals surface area contributed by atoms with Crippen LogP contribution >= 0.6 is 11.3 Å². The maximum atomic E-state index is 8.68. The Morgan fingerprint density at radius 1 is 1.54 bits per heavy atom. The number of aryl methyl sites for hydroxylation is 1. The molecule has 0 saturated carbocycles. The summed E-state index contributed by atoms with van der Waals surface area (Å²) in [7, 11) is 0. The van der Waals surface area contributed by atoms with E-state index in [1.807, 2.05) is 6.07 Å². The van der Waals surface area contributed by atoms with Crippen LogP contribution in [0.3, 0.4) is 0 Å². The second-order valence-corrected chi connectivity index (χ2v) is 4.23. The lowest BCUT2D eigenvalue weighted by Gasteiger charge is -1.93. The molecule has 70 valence electrons. The van der Waals surface area contributed by atoms with Gasteiger partial charge in [0.05, 0.1) is 5.56 Å². The molecule has 0 spiro atoms. The first-order valence-corrected chi connectivity index (χ1v) is 5.38. The monoisotopic (exact) mass is 194 g/mol. The van der Waals surface area contributed by atoms with Gasteiger partial charge in [0, 0.05) is 4.88 Å². The van der Waals surface area contributed by atoms with Gasteiger partial charge in [-0.15, -0.1) is 11.3 Å². The highest BCUT2D eigenvalue weighted by Crippen LogP contribution is 2.25. The van der Waals surface area contributed by atoms with Crippen molar-refractivity contribution in [3.05, 3.63) is 16.5 Å². The molecule has 2 nitrogen and oxygen atoms in total. The Morgan fingerprint density at radius 2 is 2.31 bits per heavy atom. The summed E-state index contributed by atoms with van der Waals surface area (Å²) in [4.78, 5) is 1.24. The van der Waals surface area contributed by atoms with Crippen LogP contribution in [0, 0.1) is 11.3 Å². The molecule has 0 saturated heterocycles. The number of nitrogens with zero attached hydrogens (tertiary/aromatic N) is 1. The van der Waals surface area contributed by atoms with Crippen LogP contribution in [0.15, 0.2) is 6.07 Å². The molecule has 0 fully saturated rings. The number of unbranched alkanes of at least 4 members (excludes halogenated alkanes) is 2. The van der Waals surface area contributed by atoms with E-state index in [0.29, 0.717) is 10.6 Å². The number of nitriles is 1. The van der Waals surface area contributed by atoms with Crippen molar-refractivity contribution in [1.82, 2.24) is 0 Å². The third-order valence-corrected chi connectivity index (χ3v) is 2.98. The number of thiophene rings is 1. The van der Waals surface area contributed by atoms with E-state index < -0.39 is 0 Å². The van der Waals surface area contributed by atoms with Gasteiger partial charge in [0.15, 0.2) is 0 Å². The highest BCUT2D eigenvalue weighted by Gasteiger charge is 2.04. The highest BCUT2D eigenvalue weighted by atomic mass is 32.1. The summed E-state index contributed by atoms with van der Waals surface area (Å²) in [6.07, 6.45) is 4.73. The van der Waals surface area contributed by atoms with Gasteiger partial charge < -0.3 is 5.73 Å². The first kappa shape index (κ1) is 10.1. The molecular weight excluding hydrogens is 180 g/mol. The first-order valence-electron chi connectivity index (χ1n) is 4.56. The summed E-state index contributed by atoms with van der Waals surface area (Å²) >= 11 is 1.54. The minimum absolute atomic E-state index is 0.636. The lowest BCUT2D eigenvalue weighted by Crippen LogP contribution is -1.80. The van der Waals surface area contributed by atoms with E-state index >= 15 is 0 Å². The molecule has 1 aromatic heterocycles. The Balaban J connectivity index is 2.54. The summed E-state index contributed by atoms with van der Waals surface area (Å²) in [5, 5.41) is 9.34. The molecule has 13 heavy (non-hydrogen) atoms. The van der Waals surface area contributed by atoms with Gasteiger partial charge in [-0.1, -0.05) is 19.8 Å². The fourth-order valence-corrected chi connectivity index (χ4v) is 2.14. The number of hydrogen-bond acceptors (Lipinski definition) is 3. The van der Waals surface area contributed by atoms with Crippen LogP contribution in [0.2, 0.25) is 0 Å². The van der Waals surface area contributed by atoms with Crippen LogP contribution in [0.5, 0.6) is 0 Å². The Hall–Kier alpha value is -1.01. The SMILES string of the molecule is CCCCCc1cc(C#N)c(N)s1. The molecule has 1 heterocycles. The van der Waals surface area contributed by atoms with Crippen LogP contribution in [0.25, 0.3) is 0 Å². The predicted octanol–water partition coefficient (Wildman–Crippen LogP) is 2.93. The molecule has 1 aromatic rings. The van der Waals surface area contributed by atoms with Crippen molar-refractivity contribution < 1.29 is 0 Å². The van der Waals surface area contributed by atoms with Crippen LogP contribution in [-0.4, -0.2) is 0 Å². The Morgan fingerprint density at radius 3 is 2.85 bits per heavy atom. The van der Waals surface area contributed by atoms with E-state index in [1.54, 1.807) is 11.3 Å². The number of hydrogen-bond donors (Lipinski definition) is 1. The van der Waals surface area contributed by atoms with E-state index in [9.17, 15) is 0 Å². The van der Waals surface area contributed by atoms with Crippen LogP contribution in [-0.2, 0) is 6.42 Å². The highest BCUT2D eigenvalue weighted by molar-refractivity contribution is 7.16. The fraction of sp³-hybridized carbons (Fsp3) is 0.500. The summed E-state index contributed by atoms with van der Waals surface area (Å²) in [6, 6.07) is 4.00. The van der Waals surface area contributed by atoms with Crippen molar-refractivity contribution in [2.75, 3.05) is 5.73 Å². The smallest absolute Gasteiger partial charge is 0.104 e. The van der Waals surface area contributed by atoms with E-state index in [4.69, 9.17) is 11.0 Å². The summed E-state index contributed by atoms with van der Waals surface area (Å²) in [5.41, 5.74) is 6.29. The van der Waals surface area contributed by atoms with Crippen LogP contribution in [0.4, 0.5) is 5.00 Å². The van der Waals surface area contributed by atoms with E-state index in [2.05, 4.69) is 13.0 Å². The van der Waals surface area contributed by atoms with E-state index in [-0.39, 0.29) is 0 Å². The lowest BCUT2D eigenvalue weighted by molar-refractivity contribution is 0.722. The maximum Gasteiger partial charge on any atom is 0.104 e. The average molecular weight is 194 g/mol. The summed E-state index contributed by atoms with van der Waals surface area (Å²) in [6.45, 7) is 2.18. The second-order valence-electron chi connectivity index (χ2n) is 3.06. The molecule has 0 unspecified atom stereocenters. The van der Waals surface area contributed by atoms with Gasteiger partial charge in [-0.05, 0) is 18.9 Å². The third-order valence-electron chi connectivity index (χ3n) is 1.96. The van der Waals surface area contributed by atoms with E-state index in [1.165, 1.54) is 24.1 Å². The molecule has 0 amide bonds. The quantitative estimate of drug-likeness (QED) is 0.749. The number of nitrogens with two attached hydrogens (primary N) is 1. The Labute approximate surface area is 83.0 Å². The molecule has 0 aliphatic carbocycles. The minimum Gasteiger partial charge on any atom is -0.389 e. The fourth-order valence-electron chi connectivity index (χ4n) is 1.22. The van der Waals surface area contributed by atoms with Crippen molar-refractivity contribution in [2.24, 2.45) is 0 Å². The van der Waals surface area contributed by atoms with Gasteiger partial charge in [-0.2, -0.15) is 5.26 Å². The molecule has 0 aliphatic rings. The molecule has 0 bridgehead atoms. The first-order chi connectivity index (χ1) is 6.27. The van der Waals surface area contributed by atoms with Gasteiger partial charge in [-0.25, -0.2) is 0 Å². The van der Waals surface area contributed by atoms with Crippen LogP contribution in [0.1, 0.15) is 36.6 Å². The van der Waals surface area contributed by atoms with Crippen molar-refractivity contribution >= 4 is 16.3 Å². The minimum atomic E-state index is 0.636. The summed E-state index contributed by atoms with van der Waals surface area (Å²) in [5.74, 6) is 0. The maximum absolute atomic E-state index is 8.68. The molecule has 0 aliphatic heterocycles. The molecule has 0 radical (unpaired) electrons. The Bertz CT molecular complexity index is 309. The molecule has 0 atom stereocenters. The lowest BCUT2D eigenvalue weighted by atomic mass is 10.2. The Kier molecular flexibility index (Phi) is 3.78. The zero-order valence-corrected chi connectivity index (χ0v) is 8.66. The molecule has 1 rings (SSSR count). The molecule has 3 heteroatoms.